The van der Waals surface area contributed by atoms with Gasteiger partial charge in [-0.15, -0.1) is 11.3 Å². The Morgan fingerprint density at radius 1 is 1.24 bits per heavy atom. The molecule has 0 bridgehead atoms. The van der Waals surface area contributed by atoms with Crippen molar-refractivity contribution in [1.29, 1.82) is 0 Å². The minimum Gasteiger partial charge on any atom is -0.245 e. The van der Waals surface area contributed by atoms with Crippen LogP contribution in [0.2, 0.25) is 5.15 Å². The zero-order chi connectivity index (χ0) is 12.5. The fraction of sp³-hybridized carbons (Fsp3) is 0.385. The number of rotatable bonds is 2. The van der Waals surface area contributed by atoms with Crippen molar-refractivity contribution in [3.63, 3.8) is 0 Å². The number of nitrogens with zero attached hydrogens (tertiary/aromatic N) is 2. The summed E-state index contributed by atoms with van der Waals surface area (Å²) in [5, 5.41) is 3.75. The average molecular weight is 267 g/mol. The first kappa shape index (κ1) is 12.5. The molecule has 0 atom stereocenters. The third kappa shape index (κ3) is 3.27. The highest BCUT2D eigenvalue weighted by molar-refractivity contribution is 7.09. The molecular formula is C13H15ClN2S. The van der Waals surface area contributed by atoms with Crippen molar-refractivity contribution in [1.82, 2.24) is 9.97 Å². The van der Waals surface area contributed by atoms with Crippen molar-refractivity contribution in [2.24, 2.45) is 0 Å². The molecule has 0 unspecified atom stereocenters. The molecule has 2 rings (SSSR count). The summed E-state index contributed by atoms with van der Waals surface area (Å²) in [5.74, 6) is 0. The van der Waals surface area contributed by atoms with Crippen molar-refractivity contribution >= 4 is 22.9 Å². The van der Waals surface area contributed by atoms with Gasteiger partial charge in [-0.3, -0.25) is 0 Å². The van der Waals surface area contributed by atoms with E-state index in [0.717, 1.165) is 22.8 Å². The van der Waals surface area contributed by atoms with E-state index in [4.69, 9.17) is 11.6 Å². The molecule has 2 aromatic heterocycles. The molecule has 0 saturated heterocycles. The fourth-order valence-electron chi connectivity index (χ4n) is 1.44. The van der Waals surface area contributed by atoms with Crippen molar-refractivity contribution in [3.05, 3.63) is 45.1 Å². The van der Waals surface area contributed by atoms with Crippen LogP contribution in [0.15, 0.2) is 23.6 Å². The first-order valence-electron chi connectivity index (χ1n) is 5.51. The van der Waals surface area contributed by atoms with E-state index in [1.807, 2.05) is 12.1 Å². The third-order valence-corrected chi connectivity index (χ3v) is 3.48. The van der Waals surface area contributed by atoms with Crippen LogP contribution in [-0.4, -0.2) is 9.97 Å². The van der Waals surface area contributed by atoms with Gasteiger partial charge in [0, 0.05) is 22.9 Å². The van der Waals surface area contributed by atoms with Crippen LogP contribution in [0.4, 0.5) is 0 Å². The minimum absolute atomic E-state index is 0.108. The molecular weight excluding hydrogens is 252 g/mol. The van der Waals surface area contributed by atoms with Crippen LogP contribution < -0.4 is 0 Å². The smallest absolute Gasteiger partial charge is 0.129 e. The first-order chi connectivity index (χ1) is 7.95. The number of halogens is 1. The Labute approximate surface area is 111 Å². The summed E-state index contributed by atoms with van der Waals surface area (Å²) in [6, 6.07) is 5.68. The van der Waals surface area contributed by atoms with Crippen molar-refractivity contribution in [3.8, 4) is 0 Å². The second kappa shape index (κ2) is 4.75. The highest BCUT2D eigenvalue weighted by Gasteiger charge is 2.17. The molecule has 0 aliphatic carbocycles. The van der Waals surface area contributed by atoms with Gasteiger partial charge in [0.1, 0.15) is 5.15 Å². The third-order valence-electron chi connectivity index (χ3n) is 2.43. The molecule has 0 aliphatic heterocycles. The summed E-state index contributed by atoms with van der Waals surface area (Å²) >= 11 is 7.54. The molecule has 4 heteroatoms. The standard InChI is InChI=1S/C13H15ClN2S/c1-13(2,3)10-8-17-12(16-10)7-9-5-4-6-11(14)15-9/h4-6,8H,7H2,1-3H3. The zero-order valence-electron chi connectivity index (χ0n) is 10.2. The molecule has 17 heavy (non-hydrogen) atoms. The maximum atomic E-state index is 5.86. The van der Waals surface area contributed by atoms with Crippen LogP contribution in [-0.2, 0) is 11.8 Å². The Bertz CT molecular complexity index is 514. The summed E-state index contributed by atoms with van der Waals surface area (Å²) in [5.41, 5.74) is 2.21. The van der Waals surface area contributed by atoms with Crippen LogP contribution in [0.5, 0.6) is 0 Å². The Kier molecular flexibility index (Phi) is 3.50. The molecule has 0 radical (unpaired) electrons. The van der Waals surface area contributed by atoms with E-state index >= 15 is 0 Å². The van der Waals surface area contributed by atoms with Crippen LogP contribution in [0.25, 0.3) is 0 Å². The highest BCUT2D eigenvalue weighted by atomic mass is 35.5. The molecule has 0 aliphatic rings. The van der Waals surface area contributed by atoms with Gasteiger partial charge in [-0.05, 0) is 12.1 Å². The molecule has 2 nitrogen and oxygen atoms in total. The Morgan fingerprint density at radius 2 is 2.00 bits per heavy atom. The lowest BCUT2D eigenvalue weighted by Gasteiger charge is -2.14. The number of hydrogen-bond donors (Lipinski definition) is 0. The lowest BCUT2D eigenvalue weighted by molar-refractivity contribution is 0.571. The van der Waals surface area contributed by atoms with E-state index in [2.05, 4.69) is 36.1 Å². The SMILES string of the molecule is CC(C)(C)c1csc(Cc2cccc(Cl)n2)n1. The molecule has 0 amide bonds. The van der Waals surface area contributed by atoms with Gasteiger partial charge in [0.25, 0.3) is 0 Å². The summed E-state index contributed by atoms with van der Waals surface area (Å²) in [6.45, 7) is 6.51. The number of hydrogen-bond acceptors (Lipinski definition) is 3. The van der Waals surface area contributed by atoms with Gasteiger partial charge in [-0.25, -0.2) is 9.97 Å². The van der Waals surface area contributed by atoms with Gasteiger partial charge in [0.15, 0.2) is 0 Å². The molecule has 0 N–H and O–H groups in total. The van der Waals surface area contributed by atoms with Gasteiger partial charge in [0.05, 0.1) is 10.7 Å². The largest absolute Gasteiger partial charge is 0.245 e. The van der Waals surface area contributed by atoms with Gasteiger partial charge in [-0.1, -0.05) is 38.4 Å². The number of thiazole rings is 1. The van der Waals surface area contributed by atoms with Crippen LogP contribution in [0.3, 0.4) is 0 Å². The van der Waals surface area contributed by atoms with Crippen LogP contribution in [0.1, 0.15) is 37.2 Å². The van der Waals surface area contributed by atoms with Crippen molar-refractivity contribution < 1.29 is 0 Å². The van der Waals surface area contributed by atoms with E-state index in [-0.39, 0.29) is 5.41 Å². The highest BCUT2D eigenvalue weighted by Crippen LogP contribution is 2.24. The van der Waals surface area contributed by atoms with Crippen LogP contribution >= 0.6 is 22.9 Å². The van der Waals surface area contributed by atoms with Gasteiger partial charge in [0.2, 0.25) is 0 Å². The van der Waals surface area contributed by atoms with E-state index < -0.39 is 0 Å². The summed E-state index contributed by atoms with van der Waals surface area (Å²) in [6.07, 6.45) is 0.751. The van der Waals surface area contributed by atoms with Gasteiger partial charge < -0.3 is 0 Å². The van der Waals surface area contributed by atoms with Gasteiger partial charge >= 0.3 is 0 Å². The van der Waals surface area contributed by atoms with Crippen LogP contribution in [0, 0.1) is 0 Å². The van der Waals surface area contributed by atoms with E-state index in [0.29, 0.717) is 5.15 Å². The Morgan fingerprint density at radius 3 is 2.59 bits per heavy atom. The molecule has 0 saturated carbocycles. The lowest BCUT2D eigenvalue weighted by Crippen LogP contribution is -2.11. The zero-order valence-corrected chi connectivity index (χ0v) is 11.8. The molecule has 0 aromatic carbocycles. The summed E-state index contributed by atoms with van der Waals surface area (Å²) < 4.78 is 0. The van der Waals surface area contributed by atoms with E-state index in [1.165, 1.54) is 0 Å². The Balaban J connectivity index is 2.17. The summed E-state index contributed by atoms with van der Waals surface area (Å²) in [4.78, 5) is 8.91. The normalized spacial score (nSPS) is 11.8. The predicted molar refractivity (Wildman–Crippen MR) is 72.9 cm³/mol. The maximum absolute atomic E-state index is 5.86. The maximum Gasteiger partial charge on any atom is 0.129 e. The first-order valence-corrected chi connectivity index (χ1v) is 6.77. The molecule has 0 spiro atoms. The van der Waals surface area contributed by atoms with Gasteiger partial charge in [-0.2, -0.15) is 0 Å². The second-order valence-electron chi connectivity index (χ2n) is 5.00. The molecule has 0 fully saturated rings. The molecule has 2 heterocycles. The topological polar surface area (TPSA) is 25.8 Å². The van der Waals surface area contributed by atoms with Crippen molar-refractivity contribution in [2.75, 3.05) is 0 Å². The monoisotopic (exact) mass is 266 g/mol. The van der Waals surface area contributed by atoms with E-state index in [1.54, 1.807) is 17.4 Å². The average Bonchev–Trinajstić information content (AvgIpc) is 2.65. The second-order valence-corrected chi connectivity index (χ2v) is 6.33. The number of pyridine rings is 1. The minimum atomic E-state index is 0.108. The van der Waals surface area contributed by atoms with Crippen molar-refractivity contribution in [2.45, 2.75) is 32.6 Å². The van der Waals surface area contributed by atoms with E-state index in [9.17, 15) is 0 Å². The Hall–Kier alpha value is -0.930. The lowest BCUT2D eigenvalue weighted by atomic mass is 9.93. The molecule has 90 valence electrons. The number of aromatic nitrogens is 2. The predicted octanol–water partition coefficient (Wildman–Crippen LogP) is 4.08. The molecule has 2 aromatic rings. The quantitative estimate of drug-likeness (QED) is 0.766. The fourth-order valence-corrected chi connectivity index (χ4v) is 2.66. The summed E-state index contributed by atoms with van der Waals surface area (Å²) in [7, 11) is 0.